The Bertz CT molecular complexity index is 449. The number of hydrogen-bond acceptors (Lipinski definition) is 2. The Kier molecular flexibility index (Phi) is 3.16. The van der Waals surface area contributed by atoms with E-state index in [0.717, 1.165) is 23.1 Å². The summed E-state index contributed by atoms with van der Waals surface area (Å²) in [4.78, 5) is 0. The lowest BCUT2D eigenvalue weighted by Gasteiger charge is -2.29. The van der Waals surface area contributed by atoms with E-state index in [2.05, 4.69) is 33.4 Å². The van der Waals surface area contributed by atoms with Gasteiger partial charge in [-0.15, -0.1) is 0 Å². The Balaban J connectivity index is 1.69. The van der Waals surface area contributed by atoms with Gasteiger partial charge in [0.05, 0.1) is 5.02 Å². The van der Waals surface area contributed by atoms with Crippen LogP contribution in [0.3, 0.4) is 0 Å². The van der Waals surface area contributed by atoms with Gasteiger partial charge in [0, 0.05) is 29.4 Å². The molecule has 0 amide bonds. The summed E-state index contributed by atoms with van der Waals surface area (Å²) >= 11 is 9.43. The van der Waals surface area contributed by atoms with E-state index in [4.69, 9.17) is 16.3 Å². The Morgan fingerprint density at radius 1 is 1.24 bits per heavy atom. The summed E-state index contributed by atoms with van der Waals surface area (Å²) < 4.78 is 6.89. The second kappa shape index (κ2) is 4.63. The number of rotatable bonds is 2. The van der Waals surface area contributed by atoms with Gasteiger partial charge in [-0.25, -0.2) is 0 Å². The van der Waals surface area contributed by atoms with Crippen molar-refractivity contribution in [3.8, 4) is 5.75 Å². The number of hydrogen-bond donors (Lipinski definition) is 1. The van der Waals surface area contributed by atoms with Gasteiger partial charge in [0.2, 0.25) is 0 Å². The molecule has 0 radical (unpaired) electrons. The number of nitrogens with one attached hydrogen (secondary N) is 1. The van der Waals surface area contributed by atoms with Gasteiger partial charge in [-0.1, -0.05) is 23.8 Å². The number of fused-ring (bicyclic) bond motifs is 2. The molecule has 90 valence electrons. The second-order valence-electron chi connectivity index (χ2n) is 4.55. The highest BCUT2D eigenvalue weighted by Crippen LogP contribution is 2.30. The maximum absolute atomic E-state index is 6.05. The highest BCUT2D eigenvalue weighted by molar-refractivity contribution is 9.10. The van der Waals surface area contributed by atoms with Gasteiger partial charge in [0.1, 0.15) is 11.9 Å². The monoisotopic (exact) mass is 313 g/mol. The van der Waals surface area contributed by atoms with Crippen LogP contribution in [0.15, 0.2) is 34.8 Å². The fraction of sp³-hybridized carbons (Fsp3) is 0.385. The normalized spacial score (nSPS) is 30.6. The summed E-state index contributed by atoms with van der Waals surface area (Å²) in [5, 5.41) is 4.19. The maximum Gasteiger partial charge on any atom is 0.121 e. The Morgan fingerprint density at radius 3 is 2.59 bits per heavy atom. The van der Waals surface area contributed by atoms with E-state index in [1.54, 1.807) is 0 Å². The largest absolute Gasteiger partial charge is 0.490 e. The predicted octanol–water partition coefficient (Wildman–Crippen LogP) is 3.54. The number of benzene rings is 1. The fourth-order valence-corrected chi connectivity index (χ4v) is 2.87. The topological polar surface area (TPSA) is 21.3 Å². The minimum atomic E-state index is 0.276. The van der Waals surface area contributed by atoms with Crippen molar-refractivity contribution in [3.05, 3.63) is 39.8 Å². The lowest BCUT2D eigenvalue weighted by atomic mass is 10.0. The second-order valence-corrected chi connectivity index (χ2v) is 5.81. The summed E-state index contributed by atoms with van der Waals surface area (Å²) in [5.74, 6) is 0.851. The Labute approximate surface area is 114 Å². The lowest BCUT2D eigenvalue weighted by Crippen LogP contribution is -2.43. The van der Waals surface area contributed by atoms with Gasteiger partial charge in [0.15, 0.2) is 0 Å². The molecule has 3 atom stereocenters. The molecule has 2 heterocycles. The van der Waals surface area contributed by atoms with E-state index < -0.39 is 0 Å². The molecule has 0 aliphatic carbocycles. The van der Waals surface area contributed by atoms with E-state index in [9.17, 15) is 0 Å². The van der Waals surface area contributed by atoms with Crippen LogP contribution in [0.1, 0.15) is 12.8 Å². The first kappa shape index (κ1) is 11.6. The van der Waals surface area contributed by atoms with Crippen LogP contribution >= 0.6 is 27.5 Å². The van der Waals surface area contributed by atoms with Gasteiger partial charge in [0.25, 0.3) is 0 Å². The molecule has 1 aromatic carbocycles. The zero-order valence-corrected chi connectivity index (χ0v) is 11.5. The third-order valence-electron chi connectivity index (χ3n) is 3.23. The summed E-state index contributed by atoms with van der Waals surface area (Å²) in [7, 11) is 0. The van der Waals surface area contributed by atoms with Crippen molar-refractivity contribution in [2.75, 3.05) is 0 Å². The predicted molar refractivity (Wildman–Crippen MR) is 72.7 cm³/mol. The average Bonchev–Trinajstić information content (AvgIpc) is 2.64. The minimum absolute atomic E-state index is 0.276. The zero-order valence-electron chi connectivity index (χ0n) is 9.20. The molecule has 0 saturated carbocycles. The molecule has 1 aromatic rings. The number of ether oxygens (including phenoxy) is 1. The summed E-state index contributed by atoms with van der Waals surface area (Å²) in [6.45, 7) is 0. The van der Waals surface area contributed by atoms with Crippen molar-refractivity contribution in [2.24, 2.45) is 0 Å². The summed E-state index contributed by atoms with van der Waals surface area (Å²) in [6.07, 6.45) is 6.81. The fourth-order valence-electron chi connectivity index (χ4n) is 2.45. The molecule has 0 aromatic heterocycles. The molecule has 1 fully saturated rings. The van der Waals surface area contributed by atoms with Crippen LogP contribution in [0.2, 0.25) is 5.02 Å². The molecule has 2 nitrogen and oxygen atoms in total. The molecule has 1 N–H and O–H groups in total. The van der Waals surface area contributed by atoms with E-state index in [0.29, 0.717) is 17.1 Å². The maximum atomic E-state index is 6.05. The lowest BCUT2D eigenvalue weighted by molar-refractivity contribution is 0.142. The van der Waals surface area contributed by atoms with Gasteiger partial charge in [-0.3, -0.25) is 0 Å². The van der Waals surface area contributed by atoms with Crippen LogP contribution in [0.5, 0.6) is 5.75 Å². The highest BCUT2D eigenvalue weighted by atomic mass is 79.9. The molecule has 1 saturated heterocycles. The van der Waals surface area contributed by atoms with E-state index in [1.165, 1.54) is 0 Å². The Morgan fingerprint density at radius 2 is 1.94 bits per heavy atom. The van der Waals surface area contributed by atoms with Crippen molar-refractivity contribution >= 4 is 27.5 Å². The van der Waals surface area contributed by atoms with Gasteiger partial charge < -0.3 is 10.1 Å². The van der Waals surface area contributed by atoms with Crippen molar-refractivity contribution in [2.45, 2.75) is 31.0 Å². The van der Waals surface area contributed by atoms with Gasteiger partial charge in [-0.2, -0.15) is 0 Å². The molecule has 2 aliphatic rings. The van der Waals surface area contributed by atoms with Crippen LogP contribution in [0.4, 0.5) is 0 Å². The first-order valence-electron chi connectivity index (χ1n) is 5.77. The molecule has 0 spiro atoms. The highest BCUT2D eigenvalue weighted by Gasteiger charge is 2.30. The van der Waals surface area contributed by atoms with Crippen molar-refractivity contribution in [1.29, 1.82) is 0 Å². The SMILES string of the molecule is Clc1cc(O[C@@H]2C[C@H]3C=C[C@@H](C2)N3)ccc1Br. The molecule has 0 unspecified atom stereocenters. The van der Waals surface area contributed by atoms with Gasteiger partial charge >= 0.3 is 0 Å². The van der Waals surface area contributed by atoms with E-state index in [-0.39, 0.29) is 6.10 Å². The van der Waals surface area contributed by atoms with E-state index >= 15 is 0 Å². The van der Waals surface area contributed by atoms with Crippen LogP contribution < -0.4 is 10.1 Å². The molecule has 3 rings (SSSR count). The van der Waals surface area contributed by atoms with Crippen molar-refractivity contribution < 1.29 is 4.74 Å². The van der Waals surface area contributed by atoms with Crippen LogP contribution in [-0.4, -0.2) is 18.2 Å². The molecule has 4 heteroatoms. The molecule has 2 aliphatic heterocycles. The average molecular weight is 315 g/mol. The standard InChI is InChI=1S/C13H13BrClNO/c14-12-4-3-10(7-13(12)15)17-11-5-8-1-2-9(6-11)16-8/h1-4,7-9,11,16H,5-6H2/t8-,9+,11-. The van der Waals surface area contributed by atoms with Gasteiger partial charge in [-0.05, 0) is 34.1 Å². The van der Waals surface area contributed by atoms with Crippen molar-refractivity contribution in [3.63, 3.8) is 0 Å². The first-order chi connectivity index (χ1) is 8.20. The van der Waals surface area contributed by atoms with Crippen LogP contribution in [0.25, 0.3) is 0 Å². The number of halogens is 2. The first-order valence-corrected chi connectivity index (χ1v) is 6.94. The van der Waals surface area contributed by atoms with E-state index in [1.807, 2.05) is 18.2 Å². The third-order valence-corrected chi connectivity index (χ3v) is 4.46. The zero-order chi connectivity index (χ0) is 11.8. The van der Waals surface area contributed by atoms with Crippen molar-refractivity contribution in [1.82, 2.24) is 5.32 Å². The molecule has 17 heavy (non-hydrogen) atoms. The Hall–Kier alpha value is -0.510. The molecular formula is C13H13BrClNO. The third kappa shape index (κ3) is 2.51. The smallest absolute Gasteiger partial charge is 0.121 e. The quantitative estimate of drug-likeness (QED) is 0.843. The van der Waals surface area contributed by atoms with Crippen LogP contribution in [0, 0.1) is 0 Å². The summed E-state index contributed by atoms with van der Waals surface area (Å²) in [6, 6.07) is 6.69. The van der Waals surface area contributed by atoms with Crippen LogP contribution in [-0.2, 0) is 0 Å². The minimum Gasteiger partial charge on any atom is -0.490 e. The molecule has 2 bridgehead atoms. The summed E-state index contributed by atoms with van der Waals surface area (Å²) in [5.41, 5.74) is 0. The number of piperidine rings is 1. The molecular weight excluding hydrogens is 302 g/mol.